The predicted octanol–water partition coefficient (Wildman–Crippen LogP) is 1.97. The molecule has 7 heteroatoms. The zero-order valence-corrected chi connectivity index (χ0v) is 16.7. The van der Waals surface area contributed by atoms with Crippen molar-refractivity contribution in [2.45, 2.75) is 25.8 Å². The summed E-state index contributed by atoms with van der Waals surface area (Å²) in [6.07, 6.45) is 3.66. The highest BCUT2D eigenvalue weighted by Gasteiger charge is 2.44. The Balaban J connectivity index is 1.64. The lowest BCUT2D eigenvalue weighted by Gasteiger charge is -2.33. The van der Waals surface area contributed by atoms with Crippen LogP contribution in [-0.4, -0.2) is 65.3 Å². The van der Waals surface area contributed by atoms with Gasteiger partial charge in [0.25, 0.3) is 5.91 Å². The molecule has 1 aromatic rings. The average molecular weight is 394 g/mol. The Morgan fingerprint density at radius 3 is 2.55 bits per heavy atom. The van der Waals surface area contributed by atoms with E-state index in [2.05, 4.69) is 11.9 Å². The number of hydrogen-bond acceptors (Lipinski definition) is 3. The fraction of sp³-hybridized carbons (Fsp3) is 0.409. The maximum atomic E-state index is 13.3. The van der Waals surface area contributed by atoms with Gasteiger partial charge in [0.05, 0.1) is 23.9 Å². The van der Waals surface area contributed by atoms with E-state index < -0.39 is 6.04 Å². The summed E-state index contributed by atoms with van der Waals surface area (Å²) < 4.78 is 0. The Labute approximate surface area is 170 Å². The summed E-state index contributed by atoms with van der Waals surface area (Å²) in [5.41, 5.74) is 3.17. The van der Waals surface area contributed by atoms with Gasteiger partial charge < -0.3 is 15.1 Å². The second-order valence-electron chi connectivity index (χ2n) is 7.80. The van der Waals surface area contributed by atoms with Crippen molar-refractivity contribution in [3.63, 3.8) is 0 Å². The molecule has 152 valence electrons. The number of amides is 4. The zero-order valence-electron chi connectivity index (χ0n) is 16.7. The second kappa shape index (κ2) is 7.73. The fourth-order valence-corrected chi connectivity index (χ4v) is 4.24. The number of aryl methyl sites for hydroxylation is 1. The van der Waals surface area contributed by atoms with Crippen molar-refractivity contribution in [1.82, 2.24) is 20.0 Å². The van der Waals surface area contributed by atoms with E-state index in [0.29, 0.717) is 17.8 Å². The highest BCUT2D eigenvalue weighted by molar-refractivity contribution is 6.03. The largest absolute Gasteiger partial charge is 0.341 e. The average Bonchev–Trinajstić information content (AvgIpc) is 3.34. The van der Waals surface area contributed by atoms with Crippen LogP contribution in [-0.2, 0) is 9.59 Å². The molecule has 4 rings (SSSR count). The lowest BCUT2D eigenvalue weighted by Crippen LogP contribution is -2.47. The summed E-state index contributed by atoms with van der Waals surface area (Å²) in [6, 6.07) is 7.02. The molecule has 0 aromatic heterocycles. The van der Waals surface area contributed by atoms with Gasteiger partial charge >= 0.3 is 6.03 Å². The number of urea groups is 1. The Kier molecular flexibility index (Phi) is 5.13. The van der Waals surface area contributed by atoms with E-state index >= 15 is 0 Å². The van der Waals surface area contributed by atoms with Crippen LogP contribution in [0.2, 0.25) is 0 Å². The predicted molar refractivity (Wildman–Crippen MR) is 109 cm³/mol. The normalized spacial score (nSPS) is 21.6. The minimum absolute atomic E-state index is 0.0304. The number of carbonyl (C=O) groups is 3. The maximum Gasteiger partial charge on any atom is 0.322 e. The van der Waals surface area contributed by atoms with E-state index in [4.69, 9.17) is 0 Å². The summed E-state index contributed by atoms with van der Waals surface area (Å²) in [6.45, 7) is 7.84. The molecule has 3 heterocycles. The van der Waals surface area contributed by atoms with Gasteiger partial charge in [0.15, 0.2) is 0 Å². The Morgan fingerprint density at radius 1 is 1.21 bits per heavy atom. The van der Waals surface area contributed by atoms with Crippen LogP contribution >= 0.6 is 0 Å². The number of carbonyl (C=O) groups excluding carboxylic acids is 3. The Bertz CT molecular complexity index is 884. The van der Waals surface area contributed by atoms with Gasteiger partial charge in [-0.25, -0.2) is 4.79 Å². The van der Waals surface area contributed by atoms with Crippen molar-refractivity contribution >= 4 is 17.8 Å². The first-order chi connectivity index (χ1) is 14.0. The highest BCUT2D eigenvalue weighted by Crippen LogP contribution is 2.36. The van der Waals surface area contributed by atoms with Crippen molar-refractivity contribution in [1.29, 1.82) is 0 Å². The van der Waals surface area contributed by atoms with Crippen LogP contribution in [0.3, 0.4) is 0 Å². The van der Waals surface area contributed by atoms with Crippen molar-refractivity contribution in [2.75, 3.05) is 32.7 Å². The second-order valence-corrected chi connectivity index (χ2v) is 7.80. The third kappa shape index (κ3) is 3.52. The molecular weight excluding hydrogens is 368 g/mol. The van der Waals surface area contributed by atoms with Crippen molar-refractivity contribution in [2.24, 2.45) is 0 Å². The molecule has 0 aliphatic carbocycles. The van der Waals surface area contributed by atoms with Crippen molar-refractivity contribution < 1.29 is 14.4 Å². The minimum Gasteiger partial charge on any atom is -0.341 e. The van der Waals surface area contributed by atoms with E-state index in [0.717, 1.165) is 37.1 Å². The number of nitrogens with one attached hydrogen (secondary N) is 1. The summed E-state index contributed by atoms with van der Waals surface area (Å²) in [5, 5.41) is 2.96. The summed E-state index contributed by atoms with van der Waals surface area (Å²) in [5.74, 6) is -0.218. The quantitative estimate of drug-likeness (QED) is 0.776. The van der Waals surface area contributed by atoms with Crippen LogP contribution in [0, 0.1) is 6.92 Å². The van der Waals surface area contributed by atoms with Crippen LogP contribution in [0.1, 0.15) is 30.0 Å². The SMILES string of the molecule is C=CCN1C(=O)N[C@@H](c2ccc(C)cc2)C2=C1CN(CC(=O)N1CCCC1)C2=O. The van der Waals surface area contributed by atoms with Gasteiger partial charge in [-0.05, 0) is 25.3 Å². The van der Waals surface area contributed by atoms with Crippen molar-refractivity contribution in [3.05, 3.63) is 59.3 Å². The first-order valence-corrected chi connectivity index (χ1v) is 10.0. The van der Waals surface area contributed by atoms with Crippen LogP contribution in [0.25, 0.3) is 0 Å². The molecule has 7 nitrogen and oxygen atoms in total. The zero-order chi connectivity index (χ0) is 20.5. The molecular formula is C22H26N4O3. The van der Waals surface area contributed by atoms with Crippen LogP contribution in [0.5, 0.6) is 0 Å². The molecule has 1 aromatic carbocycles. The van der Waals surface area contributed by atoms with Gasteiger partial charge in [0.2, 0.25) is 5.91 Å². The molecule has 29 heavy (non-hydrogen) atoms. The summed E-state index contributed by atoms with van der Waals surface area (Å²) >= 11 is 0. The molecule has 0 bridgehead atoms. The first-order valence-electron chi connectivity index (χ1n) is 10.0. The number of benzene rings is 1. The first kappa shape index (κ1) is 19.2. The lowest BCUT2D eigenvalue weighted by molar-refractivity contribution is -0.137. The van der Waals surface area contributed by atoms with Crippen LogP contribution < -0.4 is 5.32 Å². The Hall–Kier alpha value is -3.09. The van der Waals surface area contributed by atoms with Crippen LogP contribution in [0.4, 0.5) is 4.79 Å². The maximum absolute atomic E-state index is 13.3. The molecule has 1 N–H and O–H groups in total. The van der Waals surface area contributed by atoms with E-state index in [1.165, 1.54) is 0 Å². The third-order valence-electron chi connectivity index (χ3n) is 5.80. The smallest absolute Gasteiger partial charge is 0.322 e. The van der Waals surface area contributed by atoms with E-state index in [1.54, 1.807) is 15.9 Å². The third-order valence-corrected chi connectivity index (χ3v) is 5.80. The molecule has 1 fully saturated rings. The summed E-state index contributed by atoms with van der Waals surface area (Å²) in [7, 11) is 0. The van der Waals surface area contributed by atoms with E-state index in [9.17, 15) is 14.4 Å². The molecule has 4 amide bonds. The number of nitrogens with zero attached hydrogens (tertiary/aromatic N) is 3. The number of rotatable bonds is 5. The molecule has 0 unspecified atom stereocenters. The Morgan fingerprint density at radius 2 is 1.90 bits per heavy atom. The number of hydrogen-bond donors (Lipinski definition) is 1. The van der Waals surface area contributed by atoms with Crippen molar-refractivity contribution in [3.8, 4) is 0 Å². The van der Waals surface area contributed by atoms with Gasteiger partial charge in [-0.1, -0.05) is 35.9 Å². The highest BCUT2D eigenvalue weighted by atomic mass is 16.2. The molecule has 1 saturated heterocycles. The standard InChI is InChI=1S/C22H26N4O3/c1-3-10-26-17-13-25(14-18(27)24-11-4-5-12-24)21(28)19(17)20(23-22(26)29)16-8-6-15(2)7-9-16/h3,6-9,20H,1,4-5,10-14H2,2H3,(H,23,29)/t20-/m0/s1. The molecule has 0 radical (unpaired) electrons. The van der Waals surface area contributed by atoms with E-state index in [1.807, 2.05) is 36.1 Å². The van der Waals surface area contributed by atoms with Gasteiger partial charge in [-0.2, -0.15) is 0 Å². The topological polar surface area (TPSA) is 73.0 Å². The van der Waals surface area contributed by atoms with E-state index in [-0.39, 0.29) is 30.9 Å². The minimum atomic E-state index is -0.515. The van der Waals surface area contributed by atoms with Gasteiger partial charge in [0, 0.05) is 19.6 Å². The van der Waals surface area contributed by atoms with Crippen LogP contribution in [0.15, 0.2) is 48.2 Å². The monoisotopic (exact) mass is 394 g/mol. The molecule has 0 saturated carbocycles. The molecule has 0 spiro atoms. The number of likely N-dealkylation sites (tertiary alicyclic amines) is 1. The summed E-state index contributed by atoms with van der Waals surface area (Å²) in [4.78, 5) is 43.6. The molecule has 3 aliphatic rings. The van der Waals surface area contributed by atoms with Gasteiger partial charge in [-0.3, -0.25) is 14.5 Å². The fourth-order valence-electron chi connectivity index (χ4n) is 4.24. The molecule has 3 aliphatic heterocycles. The van der Waals surface area contributed by atoms with Gasteiger partial charge in [-0.15, -0.1) is 6.58 Å². The van der Waals surface area contributed by atoms with Gasteiger partial charge in [0.1, 0.15) is 6.54 Å². The molecule has 1 atom stereocenters. The lowest BCUT2D eigenvalue weighted by atomic mass is 9.95.